The molecule has 20 heavy (non-hydrogen) atoms. The number of carbonyl (C=O) groups excluding carboxylic acids is 1. The number of rotatable bonds is 7. The van der Waals surface area contributed by atoms with Crippen LogP contribution in [0.15, 0.2) is 0 Å². The SMILES string of the molecule is CCCCCC(C)NC(=O)CN1CCCC2CNCC21. The zero-order valence-corrected chi connectivity index (χ0v) is 13.2. The van der Waals surface area contributed by atoms with Crippen LogP contribution in [0, 0.1) is 5.92 Å². The number of piperidine rings is 1. The Morgan fingerprint density at radius 1 is 1.40 bits per heavy atom. The van der Waals surface area contributed by atoms with Crippen molar-refractivity contribution >= 4 is 5.91 Å². The first-order chi connectivity index (χ1) is 9.70. The van der Waals surface area contributed by atoms with Gasteiger partial charge in [0, 0.05) is 18.6 Å². The Morgan fingerprint density at radius 3 is 3.05 bits per heavy atom. The second kappa shape index (κ2) is 7.99. The predicted octanol–water partition coefficient (Wildman–Crippen LogP) is 1.76. The monoisotopic (exact) mass is 281 g/mol. The molecule has 116 valence electrons. The molecule has 2 heterocycles. The molecule has 2 saturated heterocycles. The highest BCUT2D eigenvalue weighted by Gasteiger charge is 2.35. The van der Waals surface area contributed by atoms with E-state index in [-0.39, 0.29) is 5.91 Å². The third-order valence-electron chi connectivity index (χ3n) is 4.79. The van der Waals surface area contributed by atoms with Gasteiger partial charge in [-0.2, -0.15) is 0 Å². The van der Waals surface area contributed by atoms with Crippen molar-refractivity contribution in [2.75, 3.05) is 26.2 Å². The van der Waals surface area contributed by atoms with Gasteiger partial charge in [0.2, 0.25) is 5.91 Å². The quantitative estimate of drug-likeness (QED) is 0.699. The summed E-state index contributed by atoms with van der Waals surface area (Å²) in [4.78, 5) is 14.6. The van der Waals surface area contributed by atoms with Crippen LogP contribution in [-0.4, -0.2) is 49.1 Å². The van der Waals surface area contributed by atoms with Crippen molar-refractivity contribution in [2.24, 2.45) is 5.92 Å². The maximum absolute atomic E-state index is 12.2. The number of hydrogen-bond acceptors (Lipinski definition) is 3. The maximum Gasteiger partial charge on any atom is 0.234 e. The third kappa shape index (κ3) is 4.45. The van der Waals surface area contributed by atoms with Gasteiger partial charge in [-0.05, 0) is 45.2 Å². The molecule has 1 amide bonds. The standard InChI is InChI=1S/C16H31N3O/c1-3-4-5-7-13(2)18-16(20)12-19-9-6-8-14-10-17-11-15(14)19/h13-15,17H,3-12H2,1-2H3,(H,18,20). The number of amides is 1. The normalized spacial score (nSPS) is 28.1. The molecular weight excluding hydrogens is 250 g/mol. The molecule has 0 aromatic carbocycles. The Balaban J connectivity index is 1.70. The first-order valence-electron chi connectivity index (χ1n) is 8.44. The van der Waals surface area contributed by atoms with Gasteiger partial charge in [0.1, 0.15) is 0 Å². The summed E-state index contributed by atoms with van der Waals surface area (Å²) in [5.74, 6) is 0.972. The molecule has 4 nitrogen and oxygen atoms in total. The minimum absolute atomic E-state index is 0.210. The van der Waals surface area contributed by atoms with E-state index in [4.69, 9.17) is 0 Å². The Hall–Kier alpha value is -0.610. The summed E-state index contributed by atoms with van der Waals surface area (Å²) >= 11 is 0. The predicted molar refractivity (Wildman–Crippen MR) is 82.7 cm³/mol. The van der Waals surface area contributed by atoms with E-state index in [1.807, 2.05) is 0 Å². The van der Waals surface area contributed by atoms with Crippen LogP contribution in [0.25, 0.3) is 0 Å². The fourth-order valence-electron chi connectivity index (χ4n) is 3.64. The van der Waals surface area contributed by atoms with Crippen LogP contribution in [0.3, 0.4) is 0 Å². The summed E-state index contributed by atoms with van der Waals surface area (Å²) in [6.45, 7) is 8.21. The van der Waals surface area contributed by atoms with Crippen LogP contribution in [-0.2, 0) is 4.79 Å². The van der Waals surface area contributed by atoms with E-state index in [1.165, 1.54) is 32.1 Å². The molecule has 0 aromatic heterocycles. The molecule has 3 unspecified atom stereocenters. The van der Waals surface area contributed by atoms with Crippen LogP contribution < -0.4 is 10.6 Å². The van der Waals surface area contributed by atoms with E-state index < -0.39 is 0 Å². The van der Waals surface area contributed by atoms with Crippen LogP contribution in [0.2, 0.25) is 0 Å². The molecule has 2 N–H and O–H groups in total. The number of fused-ring (bicyclic) bond motifs is 1. The average molecular weight is 281 g/mol. The van der Waals surface area contributed by atoms with Gasteiger partial charge in [-0.1, -0.05) is 26.2 Å². The molecule has 0 aromatic rings. The Kier molecular flexibility index (Phi) is 6.30. The van der Waals surface area contributed by atoms with Crippen LogP contribution in [0.5, 0.6) is 0 Å². The van der Waals surface area contributed by atoms with Gasteiger partial charge in [-0.3, -0.25) is 9.69 Å². The first kappa shape index (κ1) is 15.8. The number of nitrogens with one attached hydrogen (secondary N) is 2. The highest BCUT2D eigenvalue weighted by Crippen LogP contribution is 2.25. The van der Waals surface area contributed by atoms with Crippen molar-refractivity contribution < 1.29 is 4.79 Å². The van der Waals surface area contributed by atoms with Crippen LogP contribution >= 0.6 is 0 Å². The van der Waals surface area contributed by atoms with Gasteiger partial charge >= 0.3 is 0 Å². The van der Waals surface area contributed by atoms with E-state index in [1.54, 1.807) is 0 Å². The van der Waals surface area contributed by atoms with Gasteiger partial charge in [-0.25, -0.2) is 0 Å². The lowest BCUT2D eigenvalue weighted by atomic mass is 9.92. The van der Waals surface area contributed by atoms with Gasteiger partial charge in [-0.15, -0.1) is 0 Å². The summed E-state index contributed by atoms with van der Waals surface area (Å²) in [5.41, 5.74) is 0. The van der Waals surface area contributed by atoms with Gasteiger partial charge in [0.25, 0.3) is 0 Å². The van der Waals surface area contributed by atoms with Crippen molar-refractivity contribution in [3.63, 3.8) is 0 Å². The average Bonchev–Trinajstić information content (AvgIpc) is 2.88. The van der Waals surface area contributed by atoms with Crippen LogP contribution in [0.1, 0.15) is 52.4 Å². The Labute approximate surface area is 123 Å². The Morgan fingerprint density at radius 2 is 2.25 bits per heavy atom. The minimum Gasteiger partial charge on any atom is -0.353 e. The van der Waals surface area contributed by atoms with E-state index in [0.29, 0.717) is 18.6 Å². The van der Waals surface area contributed by atoms with Crippen molar-refractivity contribution in [2.45, 2.75) is 64.5 Å². The smallest absolute Gasteiger partial charge is 0.234 e. The summed E-state index contributed by atoms with van der Waals surface area (Å²) in [6, 6.07) is 0.904. The molecule has 0 spiro atoms. The van der Waals surface area contributed by atoms with Crippen molar-refractivity contribution in [3.05, 3.63) is 0 Å². The number of carbonyl (C=O) groups is 1. The fourth-order valence-corrected chi connectivity index (χ4v) is 3.64. The summed E-state index contributed by atoms with van der Waals surface area (Å²) in [6.07, 6.45) is 7.39. The van der Waals surface area contributed by atoms with E-state index in [2.05, 4.69) is 29.4 Å². The highest BCUT2D eigenvalue weighted by atomic mass is 16.2. The molecule has 2 fully saturated rings. The molecule has 4 heteroatoms. The molecule has 0 radical (unpaired) electrons. The molecule has 2 rings (SSSR count). The molecule has 0 bridgehead atoms. The van der Waals surface area contributed by atoms with Gasteiger partial charge in [0.05, 0.1) is 6.54 Å². The van der Waals surface area contributed by atoms with Gasteiger partial charge in [0.15, 0.2) is 0 Å². The van der Waals surface area contributed by atoms with Crippen molar-refractivity contribution in [1.29, 1.82) is 0 Å². The molecule has 2 aliphatic rings. The third-order valence-corrected chi connectivity index (χ3v) is 4.79. The second-order valence-corrected chi connectivity index (χ2v) is 6.56. The summed E-state index contributed by atoms with van der Waals surface area (Å²) < 4.78 is 0. The molecule has 3 atom stereocenters. The topological polar surface area (TPSA) is 44.4 Å². The van der Waals surface area contributed by atoms with Gasteiger partial charge < -0.3 is 10.6 Å². The van der Waals surface area contributed by atoms with E-state index in [0.717, 1.165) is 32.0 Å². The second-order valence-electron chi connectivity index (χ2n) is 6.56. The van der Waals surface area contributed by atoms with Crippen molar-refractivity contribution in [3.8, 4) is 0 Å². The number of likely N-dealkylation sites (tertiary alicyclic amines) is 1. The molecule has 0 saturated carbocycles. The largest absolute Gasteiger partial charge is 0.353 e. The number of unbranched alkanes of at least 4 members (excludes halogenated alkanes) is 2. The number of hydrogen-bond donors (Lipinski definition) is 2. The summed E-state index contributed by atoms with van der Waals surface area (Å²) in [7, 11) is 0. The lowest BCUT2D eigenvalue weighted by Crippen LogP contribution is -2.50. The molecule has 0 aliphatic carbocycles. The zero-order chi connectivity index (χ0) is 14.4. The first-order valence-corrected chi connectivity index (χ1v) is 8.44. The maximum atomic E-state index is 12.2. The lowest BCUT2D eigenvalue weighted by molar-refractivity contribution is -0.123. The molecular formula is C16H31N3O. The van der Waals surface area contributed by atoms with Crippen molar-refractivity contribution in [1.82, 2.24) is 15.5 Å². The number of nitrogens with zero attached hydrogens (tertiary/aromatic N) is 1. The van der Waals surface area contributed by atoms with E-state index >= 15 is 0 Å². The summed E-state index contributed by atoms with van der Waals surface area (Å²) in [5, 5.41) is 6.63. The van der Waals surface area contributed by atoms with Crippen LogP contribution in [0.4, 0.5) is 0 Å². The Bertz CT molecular complexity index is 308. The zero-order valence-electron chi connectivity index (χ0n) is 13.2. The molecule has 2 aliphatic heterocycles. The van der Waals surface area contributed by atoms with E-state index in [9.17, 15) is 4.79 Å². The highest BCUT2D eigenvalue weighted by molar-refractivity contribution is 5.78. The fraction of sp³-hybridized carbons (Fsp3) is 0.938. The lowest BCUT2D eigenvalue weighted by Gasteiger charge is -2.36. The minimum atomic E-state index is 0.210.